The highest BCUT2D eigenvalue weighted by molar-refractivity contribution is 6.07. The number of carbonyl (C=O) groups excluding carboxylic acids is 3. The number of carbonyl (C=O) groups is 3. The molecule has 0 bridgehead atoms. The maximum atomic E-state index is 12.6. The van der Waals surface area contributed by atoms with E-state index < -0.39 is 5.54 Å². The molecule has 8 heteroatoms. The number of rotatable bonds is 8. The quantitative estimate of drug-likeness (QED) is 0.469. The first-order chi connectivity index (χ1) is 14.1. The Morgan fingerprint density at radius 1 is 1.17 bits per heavy atom. The van der Waals surface area contributed by atoms with Gasteiger partial charge in [-0.15, -0.1) is 0 Å². The predicted octanol–water partition coefficient (Wildman–Crippen LogP) is 2.26. The van der Waals surface area contributed by atoms with Crippen molar-refractivity contribution in [1.29, 1.82) is 0 Å². The Hall–Kier alpha value is -2.90. The van der Waals surface area contributed by atoms with Crippen LogP contribution in [0, 0.1) is 0 Å². The maximum Gasteiger partial charge on any atom is 0.325 e. The van der Waals surface area contributed by atoms with Crippen molar-refractivity contribution in [2.75, 3.05) is 13.1 Å². The van der Waals surface area contributed by atoms with Gasteiger partial charge < -0.3 is 15.6 Å². The average molecular weight is 397 g/mol. The normalized spacial score (nSPS) is 18.0. The average Bonchev–Trinajstić information content (AvgIpc) is 3.40. The minimum Gasteiger partial charge on any atom is -0.356 e. The summed E-state index contributed by atoms with van der Waals surface area (Å²) in [5.74, 6) is 0.739. The first kappa shape index (κ1) is 19.4. The number of para-hydroxylation sites is 2. The Balaban J connectivity index is 1.14. The molecule has 1 aliphatic carbocycles. The molecule has 154 valence electrons. The van der Waals surface area contributed by atoms with Gasteiger partial charge in [-0.3, -0.25) is 14.5 Å². The highest BCUT2D eigenvalue weighted by Gasteiger charge is 2.51. The van der Waals surface area contributed by atoms with Crippen molar-refractivity contribution in [3.05, 3.63) is 30.1 Å². The van der Waals surface area contributed by atoms with Gasteiger partial charge >= 0.3 is 6.03 Å². The molecular weight excluding hydrogens is 370 g/mol. The number of aromatic nitrogens is 2. The standard InChI is InChI=1S/C21H27N5O3/c27-18(22-13-5-9-17-23-15-7-1-2-8-16(15)24-17)10-6-14-26-19(28)21(25-20(26)29)11-3-4-12-21/h1-2,7-8H,3-6,9-14H2,(H,22,27)(H,23,24)(H,25,29). The van der Waals surface area contributed by atoms with E-state index in [1.165, 1.54) is 4.90 Å². The Morgan fingerprint density at radius 2 is 1.97 bits per heavy atom. The largest absolute Gasteiger partial charge is 0.356 e. The number of urea groups is 1. The van der Waals surface area contributed by atoms with Gasteiger partial charge in [-0.25, -0.2) is 9.78 Å². The smallest absolute Gasteiger partial charge is 0.325 e. The first-order valence-electron chi connectivity index (χ1n) is 10.4. The molecule has 29 heavy (non-hydrogen) atoms. The number of aryl methyl sites for hydroxylation is 1. The van der Waals surface area contributed by atoms with Gasteiger partial charge in [-0.2, -0.15) is 0 Å². The van der Waals surface area contributed by atoms with E-state index in [9.17, 15) is 14.4 Å². The molecule has 1 saturated heterocycles. The number of fused-ring (bicyclic) bond motifs is 1. The lowest BCUT2D eigenvalue weighted by atomic mass is 9.98. The van der Waals surface area contributed by atoms with Crippen LogP contribution < -0.4 is 10.6 Å². The number of imidazole rings is 1. The Kier molecular flexibility index (Phi) is 5.51. The number of hydrogen-bond acceptors (Lipinski definition) is 4. The van der Waals surface area contributed by atoms with E-state index in [4.69, 9.17) is 0 Å². The third kappa shape index (κ3) is 4.11. The fraction of sp³-hybridized carbons (Fsp3) is 0.524. The number of amides is 4. The van der Waals surface area contributed by atoms with Crippen LogP contribution in [0.3, 0.4) is 0 Å². The summed E-state index contributed by atoms with van der Waals surface area (Å²) >= 11 is 0. The van der Waals surface area contributed by atoms with Crippen molar-refractivity contribution < 1.29 is 14.4 Å². The van der Waals surface area contributed by atoms with Crippen LogP contribution in [0.15, 0.2) is 24.3 Å². The highest BCUT2D eigenvalue weighted by atomic mass is 16.2. The monoisotopic (exact) mass is 397 g/mol. The van der Waals surface area contributed by atoms with Gasteiger partial charge in [-0.05, 0) is 37.8 Å². The summed E-state index contributed by atoms with van der Waals surface area (Å²) in [6.45, 7) is 0.862. The summed E-state index contributed by atoms with van der Waals surface area (Å²) in [6.07, 6.45) is 5.71. The molecule has 0 radical (unpaired) electrons. The summed E-state index contributed by atoms with van der Waals surface area (Å²) < 4.78 is 0. The second kappa shape index (κ2) is 8.23. The molecule has 1 saturated carbocycles. The molecule has 1 aromatic carbocycles. The van der Waals surface area contributed by atoms with Crippen LogP contribution in [0.25, 0.3) is 11.0 Å². The molecule has 0 atom stereocenters. The Morgan fingerprint density at radius 3 is 2.76 bits per heavy atom. The minimum absolute atomic E-state index is 0.0581. The van der Waals surface area contributed by atoms with Gasteiger partial charge in [0.1, 0.15) is 11.4 Å². The van der Waals surface area contributed by atoms with E-state index in [2.05, 4.69) is 20.6 Å². The molecule has 3 N–H and O–H groups in total. The topological polar surface area (TPSA) is 107 Å². The molecular formula is C21H27N5O3. The number of benzene rings is 1. The zero-order valence-electron chi connectivity index (χ0n) is 16.5. The van der Waals surface area contributed by atoms with Gasteiger partial charge in [0, 0.05) is 25.9 Å². The molecule has 1 aromatic heterocycles. The molecule has 4 rings (SSSR count). The van der Waals surface area contributed by atoms with Gasteiger partial charge in [0.15, 0.2) is 0 Å². The van der Waals surface area contributed by atoms with Gasteiger partial charge in [-0.1, -0.05) is 25.0 Å². The van der Waals surface area contributed by atoms with Crippen LogP contribution in [0.4, 0.5) is 4.79 Å². The van der Waals surface area contributed by atoms with Crippen LogP contribution in [0.5, 0.6) is 0 Å². The molecule has 8 nitrogen and oxygen atoms in total. The van der Waals surface area contributed by atoms with E-state index in [1.54, 1.807) is 0 Å². The van der Waals surface area contributed by atoms with Gasteiger partial charge in [0.05, 0.1) is 11.0 Å². The number of H-pyrrole nitrogens is 1. The number of hydrogen-bond donors (Lipinski definition) is 3. The Bertz CT molecular complexity index is 883. The van der Waals surface area contributed by atoms with Crippen LogP contribution in [0.2, 0.25) is 0 Å². The Labute approximate surface area is 169 Å². The molecule has 2 aromatic rings. The van der Waals surface area contributed by atoms with Crippen molar-refractivity contribution in [2.45, 2.75) is 56.9 Å². The van der Waals surface area contributed by atoms with E-state index >= 15 is 0 Å². The van der Waals surface area contributed by atoms with E-state index in [1.807, 2.05) is 24.3 Å². The fourth-order valence-electron chi connectivity index (χ4n) is 4.29. The number of nitrogens with zero attached hydrogens (tertiary/aromatic N) is 2. The highest BCUT2D eigenvalue weighted by Crippen LogP contribution is 2.35. The van der Waals surface area contributed by atoms with Crippen molar-refractivity contribution in [2.24, 2.45) is 0 Å². The van der Waals surface area contributed by atoms with Gasteiger partial charge in [0.25, 0.3) is 5.91 Å². The second-order valence-corrected chi connectivity index (χ2v) is 7.93. The zero-order valence-corrected chi connectivity index (χ0v) is 16.5. The summed E-state index contributed by atoms with van der Waals surface area (Å²) in [5, 5.41) is 5.76. The number of imide groups is 1. The fourth-order valence-corrected chi connectivity index (χ4v) is 4.29. The molecule has 2 heterocycles. The van der Waals surface area contributed by atoms with Crippen LogP contribution >= 0.6 is 0 Å². The van der Waals surface area contributed by atoms with E-state index in [0.29, 0.717) is 25.9 Å². The zero-order chi connectivity index (χ0) is 20.3. The molecule has 2 aliphatic rings. The summed E-state index contributed by atoms with van der Waals surface area (Å²) in [5.41, 5.74) is 1.30. The van der Waals surface area contributed by atoms with Crippen molar-refractivity contribution >= 4 is 28.9 Å². The molecule has 1 aliphatic heterocycles. The van der Waals surface area contributed by atoms with Gasteiger partial charge in [0.2, 0.25) is 5.91 Å². The number of nitrogens with one attached hydrogen (secondary N) is 3. The molecule has 2 fully saturated rings. The van der Waals surface area contributed by atoms with E-state index in [-0.39, 0.29) is 17.8 Å². The predicted molar refractivity (Wildman–Crippen MR) is 108 cm³/mol. The molecule has 0 unspecified atom stereocenters. The SMILES string of the molecule is O=C(CCCN1C(=O)NC2(CCCC2)C1=O)NCCCc1nc2ccccc2[nH]1. The van der Waals surface area contributed by atoms with E-state index in [0.717, 1.165) is 55.4 Å². The summed E-state index contributed by atoms with van der Waals surface area (Å²) in [6, 6.07) is 7.57. The van der Waals surface area contributed by atoms with Crippen LogP contribution in [-0.2, 0) is 16.0 Å². The van der Waals surface area contributed by atoms with Crippen molar-refractivity contribution in [1.82, 2.24) is 25.5 Å². The van der Waals surface area contributed by atoms with Crippen molar-refractivity contribution in [3.8, 4) is 0 Å². The van der Waals surface area contributed by atoms with Crippen LogP contribution in [0.1, 0.15) is 50.8 Å². The van der Waals surface area contributed by atoms with Crippen LogP contribution in [-0.4, -0.2) is 51.3 Å². The minimum atomic E-state index is -0.671. The lowest BCUT2D eigenvalue weighted by molar-refractivity contribution is -0.131. The van der Waals surface area contributed by atoms with Crippen molar-refractivity contribution in [3.63, 3.8) is 0 Å². The second-order valence-electron chi connectivity index (χ2n) is 7.93. The number of aromatic amines is 1. The lowest BCUT2D eigenvalue weighted by Crippen LogP contribution is -2.44. The summed E-state index contributed by atoms with van der Waals surface area (Å²) in [7, 11) is 0. The maximum absolute atomic E-state index is 12.6. The molecule has 1 spiro atoms. The lowest BCUT2D eigenvalue weighted by Gasteiger charge is -2.19. The molecule has 4 amide bonds. The summed E-state index contributed by atoms with van der Waals surface area (Å²) in [4.78, 5) is 45.8. The third-order valence-electron chi connectivity index (χ3n) is 5.84. The first-order valence-corrected chi connectivity index (χ1v) is 10.4. The third-order valence-corrected chi connectivity index (χ3v) is 5.84.